The van der Waals surface area contributed by atoms with Crippen LogP contribution >= 0.6 is 11.3 Å². The van der Waals surface area contributed by atoms with Crippen LogP contribution in [0.2, 0.25) is 0 Å². The molecule has 0 atom stereocenters. The lowest BCUT2D eigenvalue weighted by Crippen LogP contribution is -2.29. The molecule has 140 valence electrons. The number of rotatable bonds is 4. The van der Waals surface area contributed by atoms with Gasteiger partial charge in [-0.15, -0.1) is 11.3 Å². The van der Waals surface area contributed by atoms with Crippen LogP contribution in [0.25, 0.3) is 11.3 Å². The Labute approximate surface area is 161 Å². The second-order valence-corrected chi connectivity index (χ2v) is 8.30. The van der Waals surface area contributed by atoms with Crippen molar-refractivity contribution in [3.8, 4) is 11.3 Å². The molecule has 2 aromatic heterocycles. The number of hydrogen-bond donors (Lipinski definition) is 0. The highest BCUT2D eigenvalue weighted by Crippen LogP contribution is 2.32. The van der Waals surface area contributed by atoms with Crippen molar-refractivity contribution in [3.05, 3.63) is 52.5 Å². The lowest BCUT2D eigenvalue weighted by molar-refractivity contribution is 0.230. The first kappa shape index (κ1) is 16.9. The van der Waals surface area contributed by atoms with Gasteiger partial charge in [-0.3, -0.25) is 4.90 Å². The maximum absolute atomic E-state index is 13.6. The Hall–Kier alpha value is -2.25. The van der Waals surface area contributed by atoms with Gasteiger partial charge in [0.2, 0.25) is 0 Å². The third-order valence-corrected chi connectivity index (χ3v) is 6.34. The molecular weight excluding hydrogens is 363 g/mol. The molecule has 1 fully saturated rings. The van der Waals surface area contributed by atoms with E-state index >= 15 is 0 Å². The molecule has 5 rings (SSSR count). The van der Waals surface area contributed by atoms with E-state index < -0.39 is 0 Å². The maximum atomic E-state index is 13.6. The van der Waals surface area contributed by atoms with Gasteiger partial charge in [0.25, 0.3) is 0 Å². The van der Waals surface area contributed by atoms with Gasteiger partial charge in [-0.2, -0.15) is 0 Å². The summed E-state index contributed by atoms with van der Waals surface area (Å²) in [5.74, 6) is 0.670. The van der Waals surface area contributed by atoms with E-state index in [4.69, 9.17) is 4.52 Å². The highest BCUT2D eigenvalue weighted by molar-refractivity contribution is 7.15. The first-order valence-corrected chi connectivity index (χ1v) is 10.2. The van der Waals surface area contributed by atoms with Crippen LogP contribution in [0.3, 0.4) is 0 Å². The van der Waals surface area contributed by atoms with Gasteiger partial charge in [-0.1, -0.05) is 17.3 Å². The number of thiazole rings is 1. The topological polar surface area (TPSA) is 45.4 Å². The van der Waals surface area contributed by atoms with Crippen LogP contribution in [0, 0.1) is 5.82 Å². The summed E-state index contributed by atoms with van der Waals surface area (Å²) in [4.78, 5) is 10.7. The number of hydrogen-bond acceptors (Lipinski definition) is 6. The highest BCUT2D eigenvalue weighted by Gasteiger charge is 2.26. The molecule has 0 unspecified atom stereocenters. The van der Waals surface area contributed by atoms with Crippen LogP contribution in [0.1, 0.15) is 29.0 Å². The monoisotopic (exact) mass is 384 g/mol. The van der Waals surface area contributed by atoms with Gasteiger partial charge < -0.3 is 9.42 Å². The molecule has 0 aliphatic carbocycles. The summed E-state index contributed by atoms with van der Waals surface area (Å²) in [5.41, 5.74) is 2.61. The van der Waals surface area contributed by atoms with Crippen LogP contribution in [0.4, 0.5) is 9.52 Å². The van der Waals surface area contributed by atoms with E-state index in [-0.39, 0.29) is 5.82 Å². The summed E-state index contributed by atoms with van der Waals surface area (Å²) >= 11 is 1.79. The Morgan fingerprint density at radius 1 is 1.19 bits per heavy atom. The fourth-order valence-electron chi connectivity index (χ4n) is 3.91. The Morgan fingerprint density at radius 2 is 2.07 bits per heavy atom. The molecule has 1 aromatic carbocycles. The SMILES string of the molecule is Fc1cccc(-c2noc3c2CN(Cc2cnc(N4CCCC4)s2)CC3)c1. The van der Waals surface area contributed by atoms with Gasteiger partial charge >= 0.3 is 0 Å². The highest BCUT2D eigenvalue weighted by atomic mass is 32.1. The maximum Gasteiger partial charge on any atom is 0.185 e. The fraction of sp³-hybridized carbons (Fsp3) is 0.400. The van der Waals surface area contributed by atoms with Crippen LogP contribution in [0.15, 0.2) is 35.0 Å². The summed E-state index contributed by atoms with van der Waals surface area (Å²) in [6.45, 7) is 4.82. The largest absolute Gasteiger partial charge is 0.360 e. The van der Waals surface area contributed by atoms with Crippen molar-refractivity contribution in [2.45, 2.75) is 32.4 Å². The van der Waals surface area contributed by atoms with Crippen molar-refractivity contribution in [3.63, 3.8) is 0 Å². The molecule has 3 aromatic rings. The minimum absolute atomic E-state index is 0.254. The molecular formula is C20H21FN4OS. The van der Waals surface area contributed by atoms with Gasteiger partial charge in [0.1, 0.15) is 17.3 Å². The van der Waals surface area contributed by atoms with Gasteiger partial charge in [0.05, 0.1) is 0 Å². The Bertz CT molecular complexity index is 947. The summed E-state index contributed by atoms with van der Waals surface area (Å²) < 4.78 is 19.1. The molecule has 5 nitrogen and oxygen atoms in total. The van der Waals surface area contributed by atoms with E-state index in [0.717, 1.165) is 66.9 Å². The summed E-state index contributed by atoms with van der Waals surface area (Å²) in [5, 5.41) is 5.37. The minimum atomic E-state index is -0.254. The molecule has 7 heteroatoms. The Morgan fingerprint density at radius 3 is 2.93 bits per heavy atom. The van der Waals surface area contributed by atoms with Crippen molar-refractivity contribution in [1.82, 2.24) is 15.0 Å². The molecule has 0 radical (unpaired) electrons. The molecule has 4 heterocycles. The van der Waals surface area contributed by atoms with E-state index in [0.29, 0.717) is 0 Å². The molecule has 0 amide bonds. The van der Waals surface area contributed by atoms with Crippen molar-refractivity contribution < 1.29 is 8.91 Å². The van der Waals surface area contributed by atoms with E-state index in [1.54, 1.807) is 17.4 Å². The number of nitrogens with zero attached hydrogens (tertiary/aromatic N) is 4. The minimum Gasteiger partial charge on any atom is -0.360 e. The number of aromatic nitrogens is 2. The predicted octanol–water partition coefficient (Wildman–Crippen LogP) is 4.10. The molecule has 0 N–H and O–H groups in total. The van der Waals surface area contributed by atoms with Crippen molar-refractivity contribution in [1.29, 1.82) is 0 Å². The van der Waals surface area contributed by atoms with E-state index in [2.05, 4.69) is 19.9 Å². The molecule has 0 saturated carbocycles. The molecule has 2 aliphatic rings. The summed E-state index contributed by atoms with van der Waals surface area (Å²) in [6, 6.07) is 6.56. The van der Waals surface area contributed by atoms with E-state index in [1.165, 1.54) is 29.9 Å². The number of benzene rings is 1. The first-order valence-electron chi connectivity index (χ1n) is 9.41. The van der Waals surface area contributed by atoms with Crippen molar-refractivity contribution in [2.75, 3.05) is 24.5 Å². The van der Waals surface area contributed by atoms with E-state index in [9.17, 15) is 4.39 Å². The number of halogens is 1. The number of anilines is 1. The van der Waals surface area contributed by atoms with Crippen molar-refractivity contribution >= 4 is 16.5 Å². The molecule has 27 heavy (non-hydrogen) atoms. The van der Waals surface area contributed by atoms with Crippen molar-refractivity contribution in [2.24, 2.45) is 0 Å². The lowest BCUT2D eigenvalue weighted by Gasteiger charge is -2.25. The zero-order chi connectivity index (χ0) is 18.2. The predicted molar refractivity (Wildman–Crippen MR) is 103 cm³/mol. The third kappa shape index (κ3) is 3.37. The standard InChI is InChI=1S/C20H21FN4OS/c21-15-5-3-4-14(10-15)19-17-13-24(9-6-18(17)26-23-19)12-16-11-22-20(27-16)25-7-1-2-8-25/h3-5,10-11H,1-2,6-9,12-13H2. The van der Waals surface area contributed by atoms with Crippen LogP contribution in [-0.4, -0.2) is 34.7 Å². The zero-order valence-corrected chi connectivity index (χ0v) is 15.8. The normalized spacial score (nSPS) is 17.4. The van der Waals surface area contributed by atoms with E-state index in [1.807, 2.05) is 12.3 Å². The van der Waals surface area contributed by atoms with Crippen LogP contribution in [0.5, 0.6) is 0 Å². The first-order chi connectivity index (χ1) is 13.3. The third-order valence-electron chi connectivity index (χ3n) is 5.30. The van der Waals surface area contributed by atoms with Crippen LogP contribution in [-0.2, 0) is 19.5 Å². The second-order valence-electron chi connectivity index (χ2n) is 7.21. The number of fused-ring (bicyclic) bond motifs is 1. The Kier molecular flexibility index (Phi) is 4.41. The average Bonchev–Trinajstić information content (AvgIpc) is 3.42. The molecule has 0 bridgehead atoms. The second kappa shape index (κ2) is 7.05. The molecule has 0 spiro atoms. The van der Waals surface area contributed by atoms with Gasteiger partial charge in [-0.25, -0.2) is 9.37 Å². The molecule has 1 saturated heterocycles. The fourth-order valence-corrected chi connectivity index (χ4v) is 4.91. The van der Waals surface area contributed by atoms with Gasteiger partial charge in [0.15, 0.2) is 5.13 Å². The summed E-state index contributed by atoms with van der Waals surface area (Å²) in [7, 11) is 0. The average molecular weight is 384 g/mol. The van der Waals surface area contributed by atoms with Gasteiger partial charge in [-0.05, 0) is 25.0 Å². The lowest BCUT2D eigenvalue weighted by atomic mass is 10.0. The summed E-state index contributed by atoms with van der Waals surface area (Å²) in [6.07, 6.45) is 5.37. The smallest absolute Gasteiger partial charge is 0.185 e. The quantitative estimate of drug-likeness (QED) is 0.678. The zero-order valence-electron chi connectivity index (χ0n) is 15.0. The van der Waals surface area contributed by atoms with Gasteiger partial charge in [0, 0.05) is 61.3 Å². The molecule has 2 aliphatic heterocycles. The van der Waals surface area contributed by atoms with Crippen LogP contribution < -0.4 is 4.90 Å². The Balaban J connectivity index is 1.33.